The monoisotopic (exact) mass is 430 g/mol. The highest BCUT2D eigenvalue weighted by Gasteiger charge is 2.36. The van der Waals surface area contributed by atoms with Crippen molar-refractivity contribution >= 4 is 29.7 Å². The minimum atomic E-state index is -0.385. The van der Waals surface area contributed by atoms with Gasteiger partial charge < -0.3 is 15.5 Å². The van der Waals surface area contributed by atoms with Gasteiger partial charge in [0.1, 0.15) is 5.69 Å². The summed E-state index contributed by atoms with van der Waals surface area (Å²) in [6, 6.07) is 15.0. The molecule has 30 heavy (non-hydrogen) atoms. The van der Waals surface area contributed by atoms with Crippen molar-refractivity contribution in [3.05, 3.63) is 69.8 Å². The van der Waals surface area contributed by atoms with Crippen molar-refractivity contribution in [1.82, 2.24) is 4.90 Å². The molecule has 7 nitrogen and oxygen atoms in total. The maximum absolute atomic E-state index is 13.1. The molecule has 2 aliphatic rings. The van der Waals surface area contributed by atoms with E-state index in [0.717, 1.165) is 25.9 Å². The number of nitro benzene ring substituents is 1. The number of hydrogen-bond donors (Lipinski definition) is 1. The van der Waals surface area contributed by atoms with Crippen LogP contribution in [0, 0.1) is 16.0 Å². The number of rotatable bonds is 5. The van der Waals surface area contributed by atoms with Gasteiger partial charge in [-0.15, -0.1) is 12.4 Å². The van der Waals surface area contributed by atoms with Gasteiger partial charge >= 0.3 is 0 Å². The molecule has 2 aromatic carbocycles. The molecule has 2 N–H and O–H groups in total. The summed E-state index contributed by atoms with van der Waals surface area (Å²) < 4.78 is 0. The second kappa shape index (κ2) is 9.45. The Morgan fingerprint density at radius 1 is 1.10 bits per heavy atom. The van der Waals surface area contributed by atoms with Gasteiger partial charge in [-0.1, -0.05) is 30.3 Å². The third-order valence-corrected chi connectivity index (χ3v) is 6.12. The molecular formula is C22H27ClN4O3. The van der Waals surface area contributed by atoms with Crippen LogP contribution in [0.5, 0.6) is 0 Å². The van der Waals surface area contributed by atoms with Crippen LogP contribution in [0.1, 0.15) is 34.7 Å². The molecule has 160 valence electrons. The number of carbonyl (C=O) groups is 1. The van der Waals surface area contributed by atoms with Crippen molar-refractivity contribution in [2.75, 3.05) is 37.6 Å². The second-order valence-electron chi connectivity index (χ2n) is 7.88. The number of likely N-dealkylation sites (tertiary alicyclic amines) is 1. The van der Waals surface area contributed by atoms with Gasteiger partial charge in [-0.25, -0.2) is 0 Å². The predicted octanol–water partition coefficient (Wildman–Crippen LogP) is 3.43. The second-order valence-corrected chi connectivity index (χ2v) is 7.88. The van der Waals surface area contributed by atoms with Crippen molar-refractivity contribution in [3.63, 3.8) is 0 Å². The summed E-state index contributed by atoms with van der Waals surface area (Å²) in [6.45, 7) is 3.27. The maximum Gasteiger partial charge on any atom is 0.293 e. The third-order valence-electron chi connectivity index (χ3n) is 6.12. The molecule has 1 amide bonds. The highest BCUT2D eigenvalue weighted by Crippen LogP contribution is 2.35. The van der Waals surface area contributed by atoms with Gasteiger partial charge in [-0.05, 0) is 43.0 Å². The zero-order valence-corrected chi connectivity index (χ0v) is 17.6. The van der Waals surface area contributed by atoms with E-state index in [9.17, 15) is 14.9 Å². The number of halogens is 1. The highest BCUT2D eigenvalue weighted by molar-refractivity contribution is 5.96. The van der Waals surface area contributed by atoms with Crippen molar-refractivity contribution in [2.45, 2.75) is 18.8 Å². The van der Waals surface area contributed by atoms with E-state index in [0.29, 0.717) is 30.9 Å². The molecule has 0 aromatic heterocycles. The van der Waals surface area contributed by atoms with E-state index >= 15 is 0 Å². The zero-order valence-electron chi connectivity index (χ0n) is 16.8. The summed E-state index contributed by atoms with van der Waals surface area (Å²) in [5, 5.41) is 11.6. The average Bonchev–Trinajstić information content (AvgIpc) is 3.43. The molecule has 4 rings (SSSR count). The lowest BCUT2D eigenvalue weighted by Gasteiger charge is -2.20. The molecule has 0 radical (unpaired) electrons. The number of benzene rings is 2. The van der Waals surface area contributed by atoms with Gasteiger partial charge in [0.05, 0.1) is 4.92 Å². The molecule has 2 aromatic rings. The smallest absolute Gasteiger partial charge is 0.293 e. The van der Waals surface area contributed by atoms with Crippen LogP contribution in [-0.4, -0.2) is 48.5 Å². The lowest BCUT2D eigenvalue weighted by atomic mass is 9.89. The lowest BCUT2D eigenvalue weighted by molar-refractivity contribution is -0.384. The summed E-state index contributed by atoms with van der Waals surface area (Å²) in [5.74, 6) is 0.196. The van der Waals surface area contributed by atoms with Crippen LogP contribution in [-0.2, 0) is 0 Å². The van der Waals surface area contributed by atoms with E-state index in [1.54, 1.807) is 17.0 Å². The molecule has 2 fully saturated rings. The van der Waals surface area contributed by atoms with Crippen LogP contribution in [0.3, 0.4) is 0 Å². The molecule has 2 atom stereocenters. The van der Waals surface area contributed by atoms with Crippen LogP contribution < -0.4 is 10.6 Å². The fourth-order valence-corrected chi connectivity index (χ4v) is 4.56. The lowest BCUT2D eigenvalue weighted by Crippen LogP contribution is -2.30. The van der Waals surface area contributed by atoms with Gasteiger partial charge in [-0.2, -0.15) is 0 Å². The van der Waals surface area contributed by atoms with E-state index in [1.807, 2.05) is 23.1 Å². The number of nitro groups is 1. The normalized spacial score (nSPS) is 20.8. The molecule has 2 saturated heterocycles. The largest absolute Gasteiger partial charge is 0.366 e. The summed E-state index contributed by atoms with van der Waals surface area (Å²) in [6.07, 6.45) is 2.07. The van der Waals surface area contributed by atoms with Gasteiger partial charge in [0.15, 0.2) is 0 Å². The fraction of sp³-hybridized carbons (Fsp3) is 0.409. The van der Waals surface area contributed by atoms with Gasteiger partial charge in [0, 0.05) is 43.7 Å². The number of amides is 1. The number of hydrogen-bond acceptors (Lipinski definition) is 5. The molecule has 2 heterocycles. The summed E-state index contributed by atoms with van der Waals surface area (Å²) >= 11 is 0. The van der Waals surface area contributed by atoms with Crippen molar-refractivity contribution in [1.29, 1.82) is 0 Å². The van der Waals surface area contributed by atoms with Crippen LogP contribution in [0.15, 0.2) is 48.5 Å². The molecule has 0 saturated carbocycles. The molecule has 2 aliphatic heterocycles. The summed E-state index contributed by atoms with van der Waals surface area (Å²) in [5.41, 5.74) is 8.13. The molecule has 0 unspecified atom stereocenters. The Hall–Kier alpha value is -2.64. The Bertz CT molecular complexity index is 903. The standard InChI is InChI=1S/C22H26N4O3.ClH/c23-13-18-14-25(15-19(18)16-6-2-1-3-7-16)22(27)17-8-9-20(21(12-17)26(28)29)24-10-4-5-11-24;/h1-3,6-9,12,18-19H,4-5,10-11,13-15,23H2;1H/t18-,19+;/m1./s1. The minimum Gasteiger partial charge on any atom is -0.366 e. The fourth-order valence-electron chi connectivity index (χ4n) is 4.56. The van der Waals surface area contributed by atoms with Gasteiger partial charge in [0.2, 0.25) is 0 Å². The van der Waals surface area contributed by atoms with E-state index in [1.165, 1.54) is 11.6 Å². The van der Waals surface area contributed by atoms with Crippen LogP contribution >= 0.6 is 12.4 Å². The highest BCUT2D eigenvalue weighted by atomic mass is 35.5. The maximum atomic E-state index is 13.1. The van der Waals surface area contributed by atoms with Gasteiger partial charge in [0.25, 0.3) is 11.6 Å². The average molecular weight is 431 g/mol. The Morgan fingerprint density at radius 3 is 2.43 bits per heavy atom. The zero-order chi connectivity index (χ0) is 20.4. The first-order valence-corrected chi connectivity index (χ1v) is 10.2. The van der Waals surface area contributed by atoms with Crippen LogP contribution in [0.4, 0.5) is 11.4 Å². The molecule has 0 bridgehead atoms. The van der Waals surface area contributed by atoms with E-state index in [-0.39, 0.29) is 40.8 Å². The summed E-state index contributed by atoms with van der Waals surface area (Å²) in [7, 11) is 0. The van der Waals surface area contributed by atoms with Crippen LogP contribution in [0.2, 0.25) is 0 Å². The number of anilines is 1. The first-order valence-electron chi connectivity index (χ1n) is 10.2. The molecule has 0 spiro atoms. The van der Waals surface area contributed by atoms with Crippen LogP contribution in [0.25, 0.3) is 0 Å². The third kappa shape index (κ3) is 4.27. The Balaban J connectivity index is 0.00000256. The van der Waals surface area contributed by atoms with Gasteiger partial charge in [-0.3, -0.25) is 14.9 Å². The topological polar surface area (TPSA) is 92.7 Å². The molecule has 8 heteroatoms. The number of nitrogens with zero attached hydrogens (tertiary/aromatic N) is 3. The predicted molar refractivity (Wildman–Crippen MR) is 119 cm³/mol. The molecular weight excluding hydrogens is 404 g/mol. The van der Waals surface area contributed by atoms with E-state index in [4.69, 9.17) is 5.73 Å². The first-order chi connectivity index (χ1) is 14.1. The molecule has 0 aliphatic carbocycles. The minimum absolute atomic E-state index is 0. The summed E-state index contributed by atoms with van der Waals surface area (Å²) in [4.78, 5) is 28.2. The first kappa shape index (κ1) is 22.1. The van der Waals surface area contributed by atoms with Crippen molar-refractivity contribution in [3.8, 4) is 0 Å². The number of nitrogens with two attached hydrogens (primary N) is 1. The van der Waals surface area contributed by atoms with Crippen molar-refractivity contribution < 1.29 is 9.72 Å². The van der Waals surface area contributed by atoms with E-state index < -0.39 is 0 Å². The SMILES string of the molecule is Cl.NC[C@@H]1CN(C(=O)c2ccc(N3CCCC3)c([N+](=O)[O-])c2)C[C@H]1c1ccccc1. The Morgan fingerprint density at radius 2 is 1.80 bits per heavy atom. The van der Waals surface area contributed by atoms with Crippen molar-refractivity contribution in [2.24, 2.45) is 11.7 Å². The van der Waals surface area contributed by atoms with E-state index in [2.05, 4.69) is 12.1 Å². The Kier molecular flexibility index (Phi) is 6.95. The Labute approximate surface area is 182 Å². The number of carbonyl (C=O) groups excluding carboxylic acids is 1. The quantitative estimate of drug-likeness (QED) is 0.579.